The molecule has 1 aromatic carbocycles. The maximum Gasteiger partial charge on any atom is 0.251 e. The Morgan fingerprint density at radius 1 is 1.16 bits per heavy atom. The molecule has 1 aromatic heterocycles. The molecular weight excluding hydrogens is 411 g/mol. The van der Waals surface area contributed by atoms with E-state index in [1.165, 1.54) is 12.3 Å². The van der Waals surface area contributed by atoms with Crippen LogP contribution >= 0.6 is 0 Å². The third-order valence-electron chi connectivity index (χ3n) is 6.50. The molecule has 0 radical (unpaired) electrons. The predicted molar refractivity (Wildman–Crippen MR) is 120 cm³/mol. The van der Waals surface area contributed by atoms with Crippen LogP contribution in [0.25, 0.3) is 0 Å². The van der Waals surface area contributed by atoms with Gasteiger partial charge in [-0.05, 0) is 55.7 Å². The van der Waals surface area contributed by atoms with Crippen molar-refractivity contribution in [2.45, 2.75) is 51.7 Å². The zero-order valence-corrected chi connectivity index (χ0v) is 18.6. The molecule has 0 saturated carbocycles. The van der Waals surface area contributed by atoms with Gasteiger partial charge in [-0.3, -0.25) is 9.59 Å². The lowest BCUT2D eigenvalue weighted by molar-refractivity contribution is -0.117. The Kier molecular flexibility index (Phi) is 6.41. The topological polar surface area (TPSA) is 83.6 Å². The van der Waals surface area contributed by atoms with Gasteiger partial charge >= 0.3 is 0 Å². The van der Waals surface area contributed by atoms with Crippen molar-refractivity contribution >= 4 is 23.3 Å². The number of aromatic nitrogens is 1. The van der Waals surface area contributed by atoms with E-state index in [1.807, 2.05) is 19.1 Å². The Morgan fingerprint density at radius 2 is 1.91 bits per heavy atom. The van der Waals surface area contributed by atoms with Gasteiger partial charge in [-0.1, -0.05) is 6.92 Å². The molecule has 8 heteroatoms. The van der Waals surface area contributed by atoms with E-state index in [0.717, 1.165) is 24.1 Å². The molecule has 2 aliphatic rings. The Hall–Kier alpha value is -3.00. The average molecular weight is 441 g/mol. The summed E-state index contributed by atoms with van der Waals surface area (Å²) in [6.07, 6.45) is 2.76. The number of anilines is 2. The number of amides is 2. The van der Waals surface area contributed by atoms with Gasteiger partial charge < -0.3 is 20.3 Å². The van der Waals surface area contributed by atoms with Crippen LogP contribution in [0, 0.1) is 11.7 Å². The zero-order valence-electron chi connectivity index (χ0n) is 18.6. The zero-order chi connectivity index (χ0) is 22.8. The molecule has 2 aromatic rings. The van der Waals surface area contributed by atoms with Gasteiger partial charge in [0, 0.05) is 49.4 Å². The number of hydrogen-bond acceptors (Lipinski definition) is 5. The lowest BCUT2D eigenvalue weighted by Gasteiger charge is -2.44. The molecule has 0 bridgehead atoms. The van der Waals surface area contributed by atoms with E-state index in [2.05, 4.69) is 22.5 Å². The minimum Gasteiger partial charge on any atom is -0.381 e. The van der Waals surface area contributed by atoms with Gasteiger partial charge in [0.05, 0.1) is 12.2 Å². The molecule has 7 nitrogen and oxygen atoms in total. The third kappa shape index (κ3) is 4.46. The fraction of sp³-hybridized carbons (Fsp3) is 0.458. The number of rotatable bonds is 4. The first kappa shape index (κ1) is 22.2. The summed E-state index contributed by atoms with van der Waals surface area (Å²) in [6, 6.07) is 8.22. The molecule has 170 valence electrons. The van der Waals surface area contributed by atoms with E-state index in [1.54, 1.807) is 24.0 Å². The Bertz CT molecular complexity index is 991. The predicted octanol–water partition coefficient (Wildman–Crippen LogP) is 3.67. The Balaban J connectivity index is 1.68. The number of hydrogen-bond donors (Lipinski definition) is 2. The fourth-order valence-corrected chi connectivity index (χ4v) is 4.58. The van der Waals surface area contributed by atoms with Crippen LogP contribution in [0.4, 0.5) is 15.9 Å². The van der Waals surface area contributed by atoms with E-state index < -0.39 is 5.82 Å². The van der Waals surface area contributed by atoms with Gasteiger partial charge in [-0.2, -0.15) is 0 Å². The lowest BCUT2D eigenvalue weighted by atomic mass is 9.82. The molecule has 2 N–H and O–H groups in total. The fourth-order valence-electron chi connectivity index (χ4n) is 4.58. The third-order valence-corrected chi connectivity index (χ3v) is 6.50. The molecule has 0 spiro atoms. The number of nitrogens with one attached hydrogen (secondary N) is 2. The van der Waals surface area contributed by atoms with Gasteiger partial charge in [-0.15, -0.1) is 0 Å². The van der Waals surface area contributed by atoms with Crippen LogP contribution in [0.15, 0.2) is 36.5 Å². The van der Waals surface area contributed by atoms with Crippen molar-refractivity contribution in [2.75, 3.05) is 23.4 Å². The van der Waals surface area contributed by atoms with Crippen molar-refractivity contribution in [3.05, 3.63) is 53.5 Å². The molecule has 0 unspecified atom stereocenters. The van der Waals surface area contributed by atoms with Gasteiger partial charge in [0.2, 0.25) is 5.91 Å². The summed E-state index contributed by atoms with van der Waals surface area (Å²) >= 11 is 0. The summed E-state index contributed by atoms with van der Waals surface area (Å²) in [4.78, 5) is 31.3. The smallest absolute Gasteiger partial charge is 0.251 e. The highest BCUT2D eigenvalue weighted by Gasteiger charge is 2.38. The highest BCUT2D eigenvalue weighted by molar-refractivity contribution is 5.98. The molecule has 32 heavy (non-hydrogen) atoms. The van der Waals surface area contributed by atoms with Crippen molar-refractivity contribution in [2.24, 2.45) is 5.92 Å². The van der Waals surface area contributed by atoms with Gasteiger partial charge in [0.25, 0.3) is 5.91 Å². The van der Waals surface area contributed by atoms with E-state index in [9.17, 15) is 14.0 Å². The summed E-state index contributed by atoms with van der Waals surface area (Å²) < 4.78 is 18.7. The number of carbonyl (C=O) groups is 2. The van der Waals surface area contributed by atoms with Crippen molar-refractivity contribution in [1.82, 2.24) is 10.3 Å². The molecule has 0 aliphatic carbocycles. The van der Waals surface area contributed by atoms with Gasteiger partial charge in [0.1, 0.15) is 11.6 Å². The Morgan fingerprint density at radius 3 is 2.56 bits per heavy atom. The summed E-state index contributed by atoms with van der Waals surface area (Å²) in [5, 5.41) is 6.48. The second-order valence-electron chi connectivity index (χ2n) is 8.61. The Labute approximate surface area is 187 Å². The number of ether oxygens (including phenoxy) is 1. The van der Waals surface area contributed by atoms with Crippen LogP contribution in [0.2, 0.25) is 0 Å². The molecule has 4 rings (SSSR count). The van der Waals surface area contributed by atoms with Crippen LogP contribution in [0.5, 0.6) is 0 Å². The molecule has 2 amide bonds. The highest BCUT2D eigenvalue weighted by atomic mass is 19.1. The lowest BCUT2D eigenvalue weighted by Crippen LogP contribution is -2.48. The average Bonchev–Trinajstić information content (AvgIpc) is 2.78. The monoisotopic (exact) mass is 440 g/mol. The summed E-state index contributed by atoms with van der Waals surface area (Å²) in [5.74, 6) is -0.0417. The van der Waals surface area contributed by atoms with Crippen LogP contribution in [-0.4, -0.2) is 42.1 Å². The van der Waals surface area contributed by atoms with Crippen molar-refractivity contribution < 1.29 is 18.7 Å². The minimum atomic E-state index is -0.407. The normalized spacial score (nSPS) is 23.4. The number of pyridine rings is 1. The summed E-state index contributed by atoms with van der Waals surface area (Å²) in [5.41, 5.74) is 2.15. The number of nitrogens with zero attached hydrogens (tertiary/aromatic N) is 2. The highest BCUT2D eigenvalue weighted by Crippen LogP contribution is 2.42. The van der Waals surface area contributed by atoms with Gasteiger partial charge in [0.15, 0.2) is 0 Å². The first-order valence-corrected chi connectivity index (χ1v) is 11.1. The van der Waals surface area contributed by atoms with Crippen molar-refractivity contribution in [3.8, 4) is 0 Å². The maximum atomic E-state index is 13.3. The van der Waals surface area contributed by atoms with E-state index >= 15 is 0 Å². The van der Waals surface area contributed by atoms with Crippen LogP contribution in [-0.2, 0) is 9.53 Å². The second-order valence-corrected chi connectivity index (χ2v) is 8.61. The van der Waals surface area contributed by atoms with E-state index in [4.69, 9.17) is 4.74 Å². The van der Waals surface area contributed by atoms with Crippen LogP contribution in [0.3, 0.4) is 0 Å². The second kappa shape index (κ2) is 9.24. The number of fused-ring (bicyclic) bond motifs is 1. The summed E-state index contributed by atoms with van der Waals surface area (Å²) in [7, 11) is 0. The van der Waals surface area contributed by atoms with Crippen molar-refractivity contribution in [1.29, 1.82) is 0 Å². The van der Waals surface area contributed by atoms with Crippen LogP contribution in [0.1, 0.15) is 55.6 Å². The van der Waals surface area contributed by atoms with E-state index in [-0.39, 0.29) is 35.9 Å². The van der Waals surface area contributed by atoms with E-state index in [0.29, 0.717) is 24.6 Å². The number of halogens is 1. The molecule has 3 atom stereocenters. The quantitative estimate of drug-likeness (QED) is 0.758. The summed E-state index contributed by atoms with van der Waals surface area (Å²) in [6.45, 7) is 6.91. The molecular formula is C24H29FN4O3. The minimum absolute atomic E-state index is 0.0204. The van der Waals surface area contributed by atoms with Gasteiger partial charge in [-0.25, -0.2) is 9.37 Å². The standard InChI is InChI=1S/C24H29FN4O3/c1-14-15(2)29(16(3)30)21-6-4-17(24(31)27-19-8-10-32-11-9-19)12-20(21)23(14)28-22-7-5-18(25)13-26-22/h4-7,12-15,19,23H,8-11H2,1-3H3,(H,26,28)(H,27,31)/t14-,15-,23+/m0/s1. The number of benzene rings is 1. The molecule has 2 aliphatic heterocycles. The SMILES string of the molecule is CC(=O)N1c2ccc(C(=O)NC3CCOCC3)cc2[C@H](Nc2ccc(F)cn2)[C@@H](C)[C@@H]1C. The molecule has 1 saturated heterocycles. The first-order valence-electron chi connectivity index (χ1n) is 11.1. The largest absolute Gasteiger partial charge is 0.381 e. The molecule has 3 heterocycles. The van der Waals surface area contributed by atoms with Crippen LogP contribution < -0.4 is 15.5 Å². The maximum absolute atomic E-state index is 13.3. The molecule has 1 fully saturated rings. The number of carbonyl (C=O) groups excluding carboxylic acids is 2. The van der Waals surface area contributed by atoms with Crippen molar-refractivity contribution in [3.63, 3.8) is 0 Å². The first-order chi connectivity index (χ1) is 15.3.